The molecular formula is C11H22N4O2S2. The van der Waals surface area contributed by atoms with Crippen LogP contribution in [0.15, 0.2) is 4.90 Å². The van der Waals surface area contributed by atoms with Gasteiger partial charge in [-0.3, -0.25) is 0 Å². The second-order valence-electron chi connectivity index (χ2n) is 4.70. The lowest BCUT2D eigenvalue weighted by atomic mass is 10.1. The van der Waals surface area contributed by atoms with Gasteiger partial charge in [-0.25, -0.2) is 12.7 Å². The number of nitrogens with two attached hydrogens (primary N) is 1. The van der Waals surface area contributed by atoms with Gasteiger partial charge < -0.3 is 11.1 Å². The molecule has 0 aliphatic carbocycles. The fraction of sp³-hybridized carbons (Fsp3) is 0.727. The molecule has 1 heterocycles. The summed E-state index contributed by atoms with van der Waals surface area (Å²) in [6.07, 6.45) is 3.19. The highest BCUT2D eigenvalue weighted by atomic mass is 32.2. The van der Waals surface area contributed by atoms with Crippen LogP contribution in [0, 0.1) is 0 Å². The molecule has 8 heteroatoms. The average Bonchev–Trinajstić information content (AvgIpc) is 2.68. The molecule has 0 aromatic carbocycles. The fourth-order valence-corrected chi connectivity index (χ4v) is 3.80. The first kappa shape index (κ1) is 16.2. The van der Waals surface area contributed by atoms with Crippen molar-refractivity contribution in [3.8, 4) is 0 Å². The van der Waals surface area contributed by atoms with Gasteiger partial charge in [0.2, 0.25) is 10.0 Å². The van der Waals surface area contributed by atoms with E-state index < -0.39 is 10.0 Å². The summed E-state index contributed by atoms with van der Waals surface area (Å²) in [6, 6.07) is 0.191. The molecule has 110 valence electrons. The van der Waals surface area contributed by atoms with Gasteiger partial charge in [-0.15, -0.1) is 0 Å². The minimum Gasteiger partial charge on any atom is -0.382 e. The van der Waals surface area contributed by atoms with Crippen molar-refractivity contribution in [3.05, 3.63) is 0 Å². The van der Waals surface area contributed by atoms with Gasteiger partial charge in [0.25, 0.3) is 0 Å². The van der Waals surface area contributed by atoms with Crippen LogP contribution in [-0.4, -0.2) is 37.2 Å². The Hall–Kier alpha value is -0.860. The summed E-state index contributed by atoms with van der Waals surface area (Å²) >= 11 is 1.09. The minimum absolute atomic E-state index is 0.0592. The van der Waals surface area contributed by atoms with Crippen LogP contribution in [0.3, 0.4) is 0 Å². The van der Waals surface area contributed by atoms with Crippen LogP contribution in [0.2, 0.25) is 0 Å². The van der Waals surface area contributed by atoms with E-state index in [-0.39, 0.29) is 16.8 Å². The Morgan fingerprint density at radius 3 is 2.63 bits per heavy atom. The summed E-state index contributed by atoms with van der Waals surface area (Å²) in [4.78, 5) is 0.0887. The largest absolute Gasteiger partial charge is 0.382 e. The molecule has 1 rings (SSSR count). The van der Waals surface area contributed by atoms with Gasteiger partial charge in [0.1, 0.15) is 5.00 Å². The molecule has 0 spiro atoms. The van der Waals surface area contributed by atoms with E-state index in [1.807, 2.05) is 6.92 Å². The lowest BCUT2D eigenvalue weighted by Gasteiger charge is -2.16. The van der Waals surface area contributed by atoms with Crippen LogP contribution in [0.25, 0.3) is 0 Å². The van der Waals surface area contributed by atoms with Gasteiger partial charge in [-0.05, 0) is 24.9 Å². The highest BCUT2D eigenvalue weighted by Crippen LogP contribution is 2.33. The predicted octanol–water partition coefficient (Wildman–Crippen LogP) is 1.97. The number of anilines is 2. The third-order valence-electron chi connectivity index (χ3n) is 2.78. The average molecular weight is 306 g/mol. The summed E-state index contributed by atoms with van der Waals surface area (Å²) in [5, 5.41) is 3.72. The van der Waals surface area contributed by atoms with Crippen molar-refractivity contribution in [2.75, 3.05) is 25.1 Å². The molecular weight excluding hydrogens is 284 g/mol. The molecule has 1 aromatic rings. The molecule has 6 nitrogen and oxygen atoms in total. The van der Waals surface area contributed by atoms with Crippen molar-refractivity contribution in [2.45, 2.75) is 44.0 Å². The predicted molar refractivity (Wildman–Crippen MR) is 80.0 cm³/mol. The van der Waals surface area contributed by atoms with Crippen molar-refractivity contribution in [1.29, 1.82) is 0 Å². The van der Waals surface area contributed by atoms with E-state index >= 15 is 0 Å². The summed E-state index contributed by atoms with van der Waals surface area (Å²) in [6.45, 7) is 4.15. The molecule has 0 saturated heterocycles. The number of hydrogen-bond donors (Lipinski definition) is 2. The Labute approximate surface area is 119 Å². The van der Waals surface area contributed by atoms with Gasteiger partial charge >= 0.3 is 0 Å². The zero-order valence-corrected chi connectivity index (χ0v) is 13.4. The normalized spacial score (nSPS) is 13.7. The van der Waals surface area contributed by atoms with E-state index in [4.69, 9.17) is 5.73 Å². The first-order valence-electron chi connectivity index (χ1n) is 6.24. The third-order valence-corrected chi connectivity index (χ3v) is 5.59. The number of rotatable bonds is 7. The van der Waals surface area contributed by atoms with Gasteiger partial charge in [0.05, 0.1) is 0 Å². The zero-order valence-electron chi connectivity index (χ0n) is 11.8. The summed E-state index contributed by atoms with van der Waals surface area (Å²) in [5.74, 6) is 0.0592. The van der Waals surface area contributed by atoms with Crippen molar-refractivity contribution in [2.24, 2.45) is 0 Å². The van der Waals surface area contributed by atoms with E-state index in [1.54, 1.807) is 0 Å². The first-order valence-corrected chi connectivity index (χ1v) is 8.46. The Bertz CT molecular complexity index is 511. The van der Waals surface area contributed by atoms with E-state index in [0.717, 1.165) is 35.1 Å². The SMILES string of the molecule is CCCCC(C)Nc1snc(N)c1S(=O)(=O)N(C)C. The van der Waals surface area contributed by atoms with Crippen LogP contribution in [0.5, 0.6) is 0 Å². The smallest absolute Gasteiger partial charge is 0.249 e. The highest BCUT2D eigenvalue weighted by Gasteiger charge is 2.28. The quantitative estimate of drug-likeness (QED) is 0.804. The molecule has 0 radical (unpaired) electrons. The van der Waals surface area contributed by atoms with Crippen LogP contribution in [-0.2, 0) is 10.0 Å². The minimum atomic E-state index is -3.57. The zero-order chi connectivity index (χ0) is 14.6. The van der Waals surface area contributed by atoms with Crippen molar-refractivity contribution in [1.82, 2.24) is 8.68 Å². The van der Waals surface area contributed by atoms with Crippen molar-refractivity contribution < 1.29 is 8.42 Å². The van der Waals surface area contributed by atoms with E-state index in [2.05, 4.69) is 16.6 Å². The summed E-state index contributed by atoms with van der Waals surface area (Å²) in [7, 11) is -0.602. The molecule has 1 unspecified atom stereocenters. The lowest BCUT2D eigenvalue weighted by Crippen LogP contribution is -2.24. The third kappa shape index (κ3) is 3.80. The second-order valence-corrected chi connectivity index (χ2v) is 7.56. The number of nitrogens with one attached hydrogen (secondary N) is 1. The second kappa shape index (κ2) is 6.53. The molecule has 0 bridgehead atoms. The van der Waals surface area contributed by atoms with Gasteiger partial charge in [-0.1, -0.05) is 19.8 Å². The number of unbranched alkanes of at least 4 members (excludes halogenated alkanes) is 1. The van der Waals surface area contributed by atoms with Gasteiger partial charge in [0.15, 0.2) is 10.7 Å². The highest BCUT2D eigenvalue weighted by molar-refractivity contribution is 7.89. The molecule has 0 saturated carbocycles. The molecule has 3 N–H and O–H groups in total. The number of aromatic nitrogens is 1. The monoisotopic (exact) mass is 306 g/mol. The maximum absolute atomic E-state index is 12.2. The number of nitrogens with zero attached hydrogens (tertiary/aromatic N) is 2. The maximum atomic E-state index is 12.2. The molecule has 0 fully saturated rings. The standard InChI is InChI=1S/C11H22N4O2S2/c1-5-6-7-8(2)13-11-9(10(12)14-18-11)19(16,17)15(3)4/h8,13H,5-7H2,1-4H3,(H2,12,14). The van der Waals surface area contributed by atoms with E-state index in [0.29, 0.717) is 5.00 Å². The molecule has 0 aliphatic heterocycles. The van der Waals surface area contributed by atoms with Gasteiger partial charge in [-0.2, -0.15) is 4.37 Å². The van der Waals surface area contributed by atoms with Gasteiger partial charge in [0, 0.05) is 20.1 Å². The molecule has 1 atom stereocenters. The Morgan fingerprint density at radius 2 is 2.11 bits per heavy atom. The number of sulfonamides is 1. The molecule has 1 aromatic heterocycles. The summed E-state index contributed by atoms with van der Waals surface area (Å²) < 4.78 is 29.5. The molecule has 0 aliphatic rings. The van der Waals surface area contributed by atoms with Crippen LogP contribution < -0.4 is 11.1 Å². The van der Waals surface area contributed by atoms with Crippen molar-refractivity contribution in [3.63, 3.8) is 0 Å². The maximum Gasteiger partial charge on any atom is 0.249 e. The van der Waals surface area contributed by atoms with E-state index in [9.17, 15) is 8.42 Å². The molecule has 0 amide bonds. The topological polar surface area (TPSA) is 88.3 Å². The van der Waals surface area contributed by atoms with Crippen molar-refractivity contribution >= 4 is 32.4 Å². The Balaban J connectivity index is 2.99. The van der Waals surface area contributed by atoms with Crippen LogP contribution in [0.1, 0.15) is 33.1 Å². The van der Waals surface area contributed by atoms with Crippen LogP contribution in [0.4, 0.5) is 10.8 Å². The summed E-state index contributed by atoms with van der Waals surface area (Å²) in [5.41, 5.74) is 5.69. The van der Waals surface area contributed by atoms with E-state index in [1.165, 1.54) is 14.1 Å². The molecule has 19 heavy (non-hydrogen) atoms. The fourth-order valence-electron chi connectivity index (χ4n) is 1.62. The van der Waals surface area contributed by atoms with Crippen LogP contribution >= 0.6 is 11.5 Å². The Kier molecular flexibility index (Phi) is 5.57. The first-order chi connectivity index (χ1) is 8.80. The lowest BCUT2D eigenvalue weighted by molar-refractivity contribution is 0.521. The number of hydrogen-bond acceptors (Lipinski definition) is 6. The number of nitrogen functional groups attached to an aromatic ring is 1. The Morgan fingerprint density at radius 1 is 1.47 bits per heavy atom.